The molecule has 134 valence electrons. The molecule has 1 unspecified atom stereocenters. The molecule has 1 heterocycles. The van der Waals surface area contributed by atoms with Crippen LogP contribution in [0.15, 0.2) is 65.6 Å². The van der Waals surface area contributed by atoms with E-state index >= 15 is 0 Å². The highest BCUT2D eigenvalue weighted by Gasteiger charge is 2.18. The maximum Gasteiger partial charge on any atom is 0.287 e. The molecule has 0 saturated heterocycles. The molecule has 0 amide bonds. The van der Waals surface area contributed by atoms with E-state index in [1.54, 1.807) is 18.3 Å². The number of aromatic nitrogens is 2. The van der Waals surface area contributed by atoms with Crippen LogP contribution in [0.2, 0.25) is 5.02 Å². The van der Waals surface area contributed by atoms with Crippen molar-refractivity contribution in [2.24, 2.45) is 0 Å². The fourth-order valence-corrected chi connectivity index (χ4v) is 3.02. The van der Waals surface area contributed by atoms with Crippen molar-refractivity contribution >= 4 is 17.3 Å². The van der Waals surface area contributed by atoms with Crippen LogP contribution in [0.4, 0.5) is 10.1 Å². The molecule has 4 nitrogen and oxygen atoms in total. The molecule has 0 aliphatic rings. The van der Waals surface area contributed by atoms with Crippen LogP contribution in [0.1, 0.15) is 24.1 Å². The number of hydrogen-bond acceptors (Lipinski definition) is 3. The van der Waals surface area contributed by atoms with Gasteiger partial charge in [-0.1, -0.05) is 54.1 Å². The largest absolute Gasteiger partial charge is 0.365 e. The van der Waals surface area contributed by atoms with Gasteiger partial charge in [-0.05, 0) is 30.2 Å². The maximum absolute atomic E-state index is 13.1. The number of benzene rings is 2. The van der Waals surface area contributed by atoms with Gasteiger partial charge in [0.05, 0.1) is 24.5 Å². The molecule has 0 spiro atoms. The van der Waals surface area contributed by atoms with Gasteiger partial charge in [0.15, 0.2) is 0 Å². The Morgan fingerprint density at radius 3 is 2.46 bits per heavy atom. The quantitative estimate of drug-likeness (QED) is 0.671. The van der Waals surface area contributed by atoms with Gasteiger partial charge in [-0.3, -0.25) is 4.79 Å². The van der Waals surface area contributed by atoms with Crippen molar-refractivity contribution in [1.29, 1.82) is 0 Å². The molecular weight excluding hydrogens is 353 g/mol. The Morgan fingerprint density at radius 1 is 1.15 bits per heavy atom. The standard InChI is InChI=1S/C20H19ClFN3O/c1-14(16-8-10-17(22)11-9-16)24(2)18-12-23-25(20(26)19(18)21)13-15-6-4-3-5-7-15/h3-12,14H,13H2,1-2H3. The van der Waals surface area contributed by atoms with Crippen LogP contribution in [-0.2, 0) is 6.54 Å². The van der Waals surface area contributed by atoms with Crippen LogP contribution >= 0.6 is 11.6 Å². The van der Waals surface area contributed by atoms with E-state index in [4.69, 9.17) is 11.6 Å². The zero-order valence-electron chi connectivity index (χ0n) is 14.6. The van der Waals surface area contributed by atoms with Crippen LogP contribution < -0.4 is 10.5 Å². The smallest absolute Gasteiger partial charge is 0.287 e. The molecular formula is C20H19ClFN3O. The van der Waals surface area contributed by atoms with E-state index in [0.717, 1.165) is 11.1 Å². The van der Waals surface area contributed by atoms with Crippen molar-refractivity contribution in [3.63, 3.8) is 0 Å². The van der Waals surface area contributed by atoms with Gasteiger partial charge in [-0.15, -0.1) is 0 Å². The first-order valence-electron chi connectivity index (χ1n) is 8.25. The van der Waals surface area contributed by atoms with Crippen molar-refractivity contribution in [3.8, 4) is 0 Å². The Kier molecular flexibility index (Phi) is 5.38. The topological polar surface area (TPSA) is 38.1 Å². The van der Waals surface area contributed by atoms with Gasteiger partial charge in [0, 0.05) is 7.05 Å². The number of halogens is 2. The Labute approximate surface area is 156 Å². The molecule has 0 saturated carbocycles. The van der Waals surface area contributed by atoms with Crippen LogP contribution in [-0.4, -0.2) is 16.8 Å². The van der Waals surface area contributed by atoms with Crippen molar-refractivity contribution in [2.45, 2.75) is 19.5 Å². The van der Waals surface area contributed by atoms with E-state index in [9.17, 15) is 9.18 Å². The third kappa shape index (κ3) is 3.78. The Morgan fingerprint density at radius 2 is 1.81 bits per heavy atom. The molecule has 0 radical (unpaired) electrons. The molecule has 0 N–H and O–H groups in total. The first-order chi connectivity index (χ1) is 12.5. The number of anilines is 1. The fraction of sp³-hybridized carbons (Fsp3) is 0.200. The first-order valence-corrected chi connectivity index (χ1v) is 8.63. The fourth-order valence-electron chi connectivity index (χ4n) is 2.74. The summed E-state index contributed by atoms with van der Waals surface area (Å²) >= 11 is 6.34. The Balaban J connectivity index is 1.87. The van der Waals surface area contributed by atoms with E-state index in [1.807, 2.05) is 49.2 Å². The highest BCUT2D eigenvalue weighted by atomic mass is 35.5. The van der Waals surface area contributed by atoms with Gasteiger partial charge in [-0.25, -0.2) is 9.07 Å². The van der Waals surface area contributed by atoms with E-state index in [-0.39, 0.29) is 22.4 Å². The minimum atomic E-state index is -0.342. The van der Waals surface area contributed by atoms with E-state index < -0.39 is 0 Å². The third-order valence-electron chi connectivity index (χ3n) is 4.45. The summed E-state index contributed by atoms with van der Waals surface area (Å²) in [6.45, 7) is 2.32. The normalized spacial score (nSPS) is 12.0. The number of rotatable bonds is 5. The first kappa shape index (κ1) is 18.1. The van der Waals surface area contributed by atoms with Gasteiger partial charge in [0.25, 0.3) is 5.56 Å². The molecule has 3 rings (SSSR count). The van der Waals surface area contributed by atoms with Crippen molar-refractivity contribution < 1.29 is 4.39 Å². The van der Waals surface area contributed by atoms with Gasteiger partial charge >= 0.3 is 0 Å². The molecule has 3 aromatic rings. The summed E-state index contributed by atoms with van der Waals surface area (Å²) in [5.74, 6) is -0.285. The second kappa shape index (κ2) is 7.70. The lowest BCUT2D eigenvalue weighted by atomic mass is 10.1. The van der Waals surface area contributed by atoms with Crippen LogP contribution in [0.3, 0.4) is 0 Å². The molecule has 0 aliphatic heterocycles. The summed E-state index contributed by atoms with van der Waals surface area (Å²) in [7, 11) is 1.83. The molecule has 6 heteroatoms. The SMILES string of the molecule is CC(c1ccc(F)cc1)N(C)c1cnn(Cc2ccccc2)c(=O)c1Cl. The Hall–Kier alpha value is -2.66. The molecule has 0 fully saturated rings. The summed E-state index contributed by atoms with van der Waals surface area (Å²) in [6.07, 6.45) is 1.59. The van der Waals surface area contributed by atoms with Crippen LogP contribution in [0.5, 0.6) is 0 Å². The van der Waals surface area contributed by atoms with E-state index in [2.05, 4.69) is 5.10 Å². The molecule has 1 aromatic heterocycles. The number of hydrogen-bond donors (Lipinski definition) is 0. The second-order valence-electron chi connectivity index (χ2n) is 6.13. The predicted molar refractivity (Wildman–Crippen MR) is 102 cm³/mol. The molecule has 0 bridgehead atoms. The lowest BCUT2D eigenvalue weighted by molar-refractivity contribution is 0.623. The highest BCUT2D eigenvalue weighted by Crippen LogP contribution is 2.28. The molecule has 26 heavy (non-hydrogen) atoms. The van der Waals surface area contributed by atoms with Gasteiger partial charge in [0.2, 0.25) is 0 Å². The van der Waals surface area contributed by atoms with Gasteiger partial charge < -0.3 is 4.90 Å². The van der Waals surface area contributed by atoms with Crippen LogP contribution in [0, 0.1) is 5.82 Å². The van der Waals surface area contributed by atoms with Crippen LogP contribution in [0.25, 0.3) is 0 Å². The summed E-state index contributed by atoms with van der Waals surface area (Å²) in [5.41, 5.74) is 2.08. The minimum absolute atomic E-state index is 0.0979. The lowest BCUT2D eigenvalue weighted by Crippen LogP contribution is -2.29. The van der Waals surface area contributed by atoms with E-state index in [0.29, 0.717) is 12.2 Å². The predicted octanol–water partition coefficient (Wildman–Crippen LogP) is 4.28. The zero-order chi connectivity index (χ0) is 18.7. The molecule has 1 atom stereocenters. The maximum atomic E-state index is 13.1. The summed E-state index contributed by atoms with van der Waals surface area (Å²) in [5, 5.41) is 4.38. The summed E-state index contributed by atoms with van der Waals surface area (Å²) < 4.78 is 14.5. The minimum Gasteiger partial charge on any atom is -0.365 e. The average molecular weight is 372 g/mol. The monoisotopic (exact) mass is 371 g/mol. The van der Waals surface area contributed by atoms with Crippen molar-refractivity contribution in [1.82, 2.24) is 9.78 Å². The second-order valence-corrected chi connectivity index (χ2v) is 6.51. The van der Waals surface area contributed by atoms with Crippen molar-refractivity contribution in [2.75, 3.05) is 11.9 Å². The lowest BCUT2D eigenvalue weighted by Gasteiger charge is -2.28. The van der Waals surface area contributed by atoms with Crippen molar-refractivity contribution in [3.05, 3.63) is 93.1 Å². The molecule has 2 aromatic carbocycles. The highest BCUT2D eigenvalue weighted by molar-refractivity contribution is 6.33. The van der Waals surface area contributed by atoms with Gasteiger partial charge in [0.1, 0.15) is 10.8 Å². The summed E-state index contributed by atoms with van der Waals surface area (Å²) in [4.78, 5) is 14.5. The third-order valence-corrected chi connectivity index (χ3v) is 4.81. The van der Waals surface area contributed by atoms with E-state index in [1.165, 1.54) is 16.8 Å². The average Bonchev–Trinajstić information content (AvgIpc) is 2.66. The zero-order valence-corrected chi connectivity index (χ0v) is 15.3. The van der Waals surface area contributed by atoms with Gasteiger partial charge in [-0.2, -0.15) is 5.10 Å². The summed E-state index contributed by atoms with van der Waals surface area (Å²) in [6, 6.07) is 15.8. The molecule has 0 aliphatic carbocycles. The number of nitrogens with zero attached hydrogens (tertiary/aromatic N) is 3. The Bertz CT molecular complexity index is 942.